The number of piperidine rings is 2. The quantitative estimate of drug-likeness (QED) is 0.764. The largest absolute Gasteiger partial charge is 0.338 e. The van der Waals surface area contributed by atoms with Gasteiger partial charge in [0.2, 0.25) is 0 Å². The Morgan fingerprint density at radius 3 is 2.47 bits per heavy atom. The lowest BCUT2D eigenvalue weighted by atomic mass is 9.85. The highest BCUT2D eigenvalue weighted by Crippen LogP contribution is 2.32. The predicted octanol–water partition coefficient (Wildman–Crippen LogP) is 4.09. The third-order valence-electron chi connectivity index (χ3n) is 7.49. The zero-order valence-electron chi connectivity index (χ0n) is 19.5. The van der Waals surface area contributed by atoms with Gasteiger partial charge < -0.3 is 10.2 Å². The second-order valence-electron chi connectivity index (χ2n) is 9.61. The molecular weight excluding hydrogens is 403 g/mol. The molecule has 2 aromatic rings. The van der Waals surface area contributed by atoms with Gasteiger partial charge in [-0.1, -0.05) is 18.2 Å². The van der Waals surface area contributed by atoms with Crippen LogP contribution in [-0.2, 0) is 6.54 Å². The van der Waals surface area contributed by atoms with Gasteiger partial charge >= 0.3 is 0 Å². The smallest absolute Gasteiger partial charge is 0.255 e. The average Bonchev–Trinajstić information content (AvgIpc) is 2.79. The van der Waals surface area contributed by atoms with E-state index in [1.807, 2.05) is 36.9 Å². The van der Waals surface area contributed by atoms with E-state index >= 15 is 0 Å². The first-order chi connectivity index (χ1) is 15.4. The predicted molar refractivity (Wildman–Crippen MR) is 125 cm³/mol. The minimum Gasteiger partial charge on any atom is -0.338 e. The Balaban J connectivity index is 1.28. The van der Waals surface area contributed by atoms with Crippen LogP contribution in [0, 0.1) is 19.7 Å². The topological polar surface area (TPSA) is 48.5 Å². The van der Waals surface area contributed by atoms with E-state index < -0.39 is 0 Å². The van der Waals surface area contributed by atoms with Crippen LogP contribution in [0.5, 0.6) is 0 Å². The fourth-order valence-electron chi connectivity index (χ4n) is 5.20. The molecule has 6 heteroatoms. The summed E-state index contributed by atoms with van der Waals surface area (Å²) in [4.78, 5) is 22.1. The van der Waals surface area contributed by atoms with Crippen molar-refractivity contribution in [3.8, 4) is 0 Å². The number of carbonyl (C=O) groups excluding carboxylic acids is 1. The molecule has 1 amide bonds. The fourth-order valence-corrected chi connectivity index (χ4v) is 5.20. The van der Waals surface area contributed by atoms with Gasteiger partial charge in [-0.3, -0.25) is 14.7 Å². The number of nitrogens with one attached hydrogen (secondary N) is 1. The number of halogens is 1. The first kappa shape index (κ1) is 22.9. The normalized spacial score (nSPS) is 19.8. The number of rotatable bonds is 5. The highest BCUT2D eigenvalue weighted by molar-refractivity contribution is 5.96. The Morgan fingerprint density at radius 2 is 1.81 bits per heavy atom. The summed E-state index contributed by atoms with van der Waals surface area (Å²) in [5, 5.41) is 3.54. The van der Waals surface area contributed by atoms with Gasteiger partial charge in [0.15, 0.2) is 0 Å². The molecule has 2 saturated heterocycles. The molecule has 0 radical (unpaired) electrons. The first-order valence-electron chi connectivity index (χ1n) is 11.8. The third kappa shape index (κ3) is 4.86. The molecule has 0 atom stereocenters. The Labute approximate surface area is 191 Å². The Kier molecular flexibility index (Phi) is 6.91. The van der Waals surface area contributed by atoms with Crippen LogP contribution in [0.1, 0.15) is 59.8 Å². The number of hydrogen-bond donors (Lipinski definition) is 1. The van der Waals surface area contributed by atoms with Gasteiger partial charge in [-0.15, -0.1) is 0 Å². The Bertz CT molecular complexity index is 926. The maximum atomic E-state index is 13.9. The SMILES string of the molecule is Cc1ccnc(C)c1C(=O)N1CCC(C)(N2CCC(NCc3ccccc3F)CC2)CC1. The van der Waals surface area contributed by atoms with Crippen molar-refractivity contribution in [2.75, 3.05) is 26.2 Å². The van der Waals surface area contributed by atoms with Crippen molar-refractivity contribution in [3.63, 3.8) is 0 Å². The molecule has 0 saturated carbocycles. The van der Waals surface area contributed by atoms with Crippen LogP contribution in [-0.4, -0.2) is 58.5 Å². The molecule has 0 spiro atoms. The number of likely N-dealkylation sites (tertiary alicyclic amines) is 2. The number of pyridine rings is 1. The number of amides is 1. The number of aromatic nitrogens is 1. The lowest BCUT2D eigenvalue weighted by Crippen LogP contribution is -2.57. The monoisotopic (exact) mass is 438 g/mol. The molecule has 172 valence electrons. The molecule has 5 nitrogen and oxygen atoms in total. The lowest BCUT2D eigenvalue weighted by Gasteiger charge is -2.49. The molecule has 1 aromatic heterocycles. The zero-order valence-corrected chi connectivity index (χ0v) is 19.5. The van der Waals surface area contributed by atoms with Crippen molar-refractivity contribution in [2.24, 2.45) is 0 Å². The van der Waals surface area contributed by atoms with Gasteiger partial charge in [0.25, 0.3) is 5.91 Å². The summed E-state index contributed by atoms with van der Waals surface area (Å²) in [5.41, 5.74) is 3.44. The molecule has 32 heavy (non-hydrogen) atoms. The molecule has 4 rings (SSSR count). The maximum Gasteiger partial charge on any atom is 0.255 e. The van der Waals surface area contributed by atoms with Crippen LogP contribution in [0.15, 0.2) is 36.5 Å². The van der Waals surface area contributed by atoms with E-state index in [0.29, 0.717) is 12.6 Å². The van der Waals surface area contributed by atoms with Gasteiger partial charge in [-0.05, 0) is 64.2 Å². The van der Waals surface area contributed by atoms with E-state index in [0.717, 1.165) is 74.2 Å². The van der Waals surface area contributed by atoms with Crippen LogP contribution in [0.3, 0.4) is 0 Å². The average molecular weight is 439 g/mol. The Hall–Kier alpha value is -2.31. The van der Waals surface area contributed by atoms with Gasteiger partial charge in [-0.25, -0.2) is 4.39 Å². The summed E-state index contributed by atoms with van der Waals surface area (Å²) < 4.78 is 13.9. The standard InChI is InChI=1S/C26H35FN4O/c1-19-8-13-28-20(2)24(19)25(32)30-16-11-26(3,12-17-30)31-14-9-22(10-15-31)29-18-21-6-4-5-7-23(21)27/h4-8,13,22,29H,9-12,14-18H2,1-3H3. The summed E-state index contributed by atoms with van der Waals surface area (Å²) in [7, 11) is 0. The molecule has 3 heterocycles. The summed E-state index contributed by atoms with van der Waals surface area (Å²) in [6.07, 6.45) is 5.89. The molecule has 0 bridgehead atoms. The number of nitrogens with zero attached hydrogens (tertiary/aromatic N) is 3. The van der Waals surface area contributed by atoms with E-state index in [1.165, 1.54) is 6.07 Å². The minimum absolute atomic E-state index is 0.117. The van der Waals surface area contributed by atoms with Crippen molar-refractivity contribution < 1.29 is 9.18 Å². The minimum atomic E-state index is -0.136. The zero-order chi connectivity index (χ0) is 22.7. The van der Waals surface area contributed by atoms with Crippen LogP contribution in [0.4, 0.5) is 4.39 Å². The molecule has 1 aromatic carbocycles. The third-order valence-corrected chi connectivity index (χ3v) is 7.49. The number of carbonyl (C=O) groups is 1. The van der Waals surface area contributed by atoms with Crippen LogP contribution < -0.4 is 5.32 Å². The van der Waals surface area contributed by atoms with Crippen LogP contribution in [0.25, 0.3) is 0 Å². The van der Waals surface area contributed by atoms with Gasteiger partial charge in [0.05, 0.1) is 11.3 Å². The van der Waals surface area contributed by atoms with Gasteiger partial charge in [0.1, 0.15) is 5.82 Å². The van der Waals surface area contributed by atoms with Crippen LogP contribution in [0.2, 0.25) is 0 Å². The molecule has 0 aliphatic carbocycles. The van der Waals surface area contributed by atoms with Gasteiger partial charge in [0, 0.05) is 56.1 Å². The maximum absolute atomic E-state index is 13.9. The summed E-state index contributed by atoms with van der Waals surface area (Å²) >= 11 is 0. The second kappa shape index (κ2) is 9.67. The summed E-state index contributed by atoms with van der Waals surface area (Å²) in [6, 6.07) is 9.33. The van der Waals surface area contributed by atoms with Crippen molar-refractivity contribution in [3.05, 3.63) is 64.7 Å². The van der Waals surface area contributed by atoms with Crippen LogP contribution >= 0.6 is 0 Å². The van der Waals surface area contributed by atoms with E-state index in [1.54, 1.807) is 12.3 Å². The van der Waals surface area contributed by atoms with E-state index in [9.17, 15) is 9.18 Å². The van der Waals surface area contributed by atoms with E-state index in [-0.39, 0.29) is 17.3 Å². The van der Waals surface area contributed by atoms with Gasteiger partial charge in [-0.2, -0.15) is 0 Å². The van der Waals surface area contributed by atoms with Crippen molar-refractivity contribution in [2.45, 2.75) is 64.6 Å². The fraction of sp³-hybridized carbons (Fsp3) is 0.538. The highest BCUT2D eigenvalue weighted by atomic mass is 19.1. The van der Waals surface area contributed by atoms with E-state index in [4.69, 9.17) is 0 Å². The molecule has 0 unspecified atom stereocenters. The molecule has 2 fully saturated rings. The summed E-state index contributed by atoms with van der Waals surface area (Å²) in [6.45, 7) is 10.5. The highest BCUT2D eigenvalue weighted by Gasteiger charge is 2.38. The van der Waals surface area contributed by atoms with Crippen molar-refractivity contribution >= 4 is 5.91 Å². The number of aryl methyl sites for hydroxylation is 2. The first-order valence-corrected chi connectivity index (χ1v) is 11.8. The lowest BCUT2D eigenvalue weighted by molar-refractivity contribution is 0.0153. The molecule has 2 aliphatic heterocycles. The number of benzene rings is 1. The number of hydrogen-bond acceptors (Lipinski definition) is 4. The molecular formula is C26H35FN4O. The Morgan fingerprint density at radius 1 is 1.12 bits per heavy atom. The van der Waals surface area contributed by atoms with Crippen molar-refractivity contribution in [1.82, 2.24) is 20.1 Å². The van der Waals surface area contributed by atoms with E-state index in [2.05, 4.69) is 22.1 Å². The molecule has 1 N–H and O–H groups in total. The van der Waals surface area contributed by atoms with Crippen molar-refractivity contribution in [1.29, 1.82) is 0 Å². The summed E-state index contributed by atoms with van der Waals surface area (Å²) in [5.74, 6) is -0.0193. The molecule has 2 aliphatic rings. The second-order valence-corrected chi connectivity index (χ2v) is 9.61.